The fourth-order valence-corrected chi connectivity index (χ4v) is 1.55. The van der Waals surface area contributed by atoms with Crippen molar-refractivity contribution in [1.82, 2.24) is 9.78 Å². The maximum atomic E-state index is 11.1. The van der Waals surface area contributed by atoms with Gasteiger partial charge in [0, 0.05) is 6.20 Å². The first-order chi connectivity index (χ1) is 8.19. The highest BCUT2D eigenvalue weighted by Gasteiger charge is 2.03. The molecule has 0 saturated heterocycles. The Morgan fingerprint density at radius 1 is 1.35 bits per heavy atom. The van der Waals surface area contributed by atoms with Gasteiger partial charge < -0.3 is 4.74 Å². The molecule has 0 atom stereocenters. The van der Waals surface area contributed by atoms with E-state index < -0.39 is 0 Å². The van der Waals surface area contributed by atoms with Gasteiger partial charge in [0.05, 0.1) is 25.4 Å². The van der Waals surface area contributed by atoms with Gasteiger partial charge in [0.15, 0.2) is 5.78 Å². The number of benzene rings is 1. The summed E-state index contributed by atoms with van der Waals surface area (Å²) in [5.74, 6) is 0.865. The molecule has 0 spiro atoms. The molecule has 0 bridgehead atoms. The monoisotopic (exact) mass is 230 g/mol. The van der Waals surface area contributed by atoms with E-state index in [9.17, 15) is 4.79 Å². The molecule has 1 heterocycles. The molecule has 0 amide bonds. The molecule has 88 valence electrons. The van der Waals surface area contributed by atoms with E-state index in [1.165, 1.54) is 6.92 Å². The molecule has 0 unspecified atom stereocenters. The lowest BCUT2D eigenvalue weighted by Gasteiger charge is -2.03. The number of rotatable bonds is 4. The smallest absolute Gasteiger partial charge is 0.162 e. The molecular formula is C13H14N2O2. The zero-order valence-corrected chi connectivity index (χ0v) is 9.88. The minimum Gasteiger partial charge on any atom is -0.497 e. The average molecular weight is 230 g/mol. The number of nitrogens with zero attached hydrogens (tertiary/aromatic N) is 2. The zero-order valence-electron chi connectivity index (χ0n) is 9.88. The van der Waals surface area contributed by atoms with Crippen molar-refractivity contribution in [3.63, 3.8) is 0 Å². The Morgan fingerprint density at radius 3 is 2.59 bits per heavy atom. The summed E-state index contributed by atoms with van der Waals surface area (Å²) in [4.78, 5) is 11.1. The van der Waals surface area contributed by atoms with Gasteiger partial charge in [-0.2, -0.15) is 5.10 Å². The summed E-state index contributed by atoms with van der Waals surface area (Å²) in [6, 6.07) is 7.78. The van der Waals surface area contributed by atoms with E-state index in [4.69, 9.17) is 4.74 Å². The number of carbonyl (C=O) groups excluding carboxylic acids is 1. The van der Waals surface area contributed by atoms with Crippen LogP contribution in [0.1, 0.15) is 22.8 Å². The van der Waals surface area contributed by atoms with Crippen LogP contribution in [-0.4, -0.2) is 22.7 Å². The molecule has 0 saturated carbocycles. The standard InChI is InChI=1S/C13H14N2O2/c1-10(16)12-7-14-15(9-12)8-11-3-5-13(17-2)6-4-11/h3-7,9H,8H2,1-2H3. The van der Waals surface area contributed by atoms with Crippen LogP contribution in [0.4, 0.5) is 0 Å². The third kappa shape index (κ3) is 2.72. The highest BCUT2D eigenvalue weighted by molar-refractivity contribution is 5.93. The van der Waals surface area contributed by atoms with Crippen molar-refractivity contribution in [3.05, 3.63) is 47.8 Å². The first-order valence-electron chi connectivity index (χ1n) is 5.35. The summed E-state index contributed by atoms with van der Waals surface area (Å²) < 4.78 is 6.84. The summed E-state index contributed by atoms with van der Waals surface area (Å²) >= 11 is 0. The number of aromatic nitrogens is 2. The summed E-state index contributed by atoms with van der Waals surface area (Å²) in [7, 11) is 1.64. The molecule has 0 aliphatic heterocycles. The minimum absolute atomic E-state index is 0.0333. The number of carbonyl (C=O) groups is 1. The predicted molar refractivity (Wildman–Crippen MR) is 64.3 cm³/mol. The molecule has 1 aromatic carbocycles. The Bertz CT molecular complexity index is 514. The number of ether oxygens (including phenoxy) is 1. The van der Waals surface area contributed by atoms with Gasteiger partial charge in [-0.15, -0.1) is 0 Å². The maximum Gasteiger partial charge on any atom is 0.162 e. The Morgan fingerprint density at radius 2 is 2.06 bits per heavy atom. The molecular weight excluding hydrogens is 216 g/mol. The van der Waals surface area contributed by atoms with Crippen molar-refractivity contribution in [2.75, 3.05) is 7.11 Å². The Labute approximate surface area is 99.8 Å². The highest BCUT2D eigenvalue weighted by Crippen LogP contribution is 2.12. The van der Waals surface area contributed by atoms with E-state index in [1.54, 1.807) is 24.2 Å². The molecule has 0 aliphatic carbocycles. The van der Waals surface area contributed by atoms with Gasteiger partial charge in [-0.1, -0.05) is 12.1 Å². The predicted octanol–water partition coefficient (Wildman–Crippen LogP) is 2.14. The molecule has 2 rings (SSSR count). The molecule has 4 heteroatoms. The summed E-state index contributed by atoms with van der Waals surface area (Å²) in [5.41, 5.74) is 1.75. The first-order valence-corrected chi connectivity index (χ1v) is 5.35. The molecule has 4 nitrogen and oxygen atoms in total. The number of Topliss-reactive ketones (excluding diaryl/α,β-unsaturated/α-hetero) is 1. The summed E-state index contributed by atoms with van der Waals surface area (Å²) in [6.07, 6.45) is 3.35. The van der Waals surface area contributed by atoms with Crippen molar-refractivity contribution < 1.29 is 9.53 Å². The van der Waals surface area contributed by atoms with Crippen LogP contribution in [0.15, 0.2) is 36.7 Å². The fourth-order valence-electron chi connectivity index (χ4n) is 1.55. The molecule has 1 aromatic heterocycles. The fraction of sp³-hybridized carbons (Fsp3) is 0.231. The topological polar surface area (TPSA) is 44.1 Å². The van der Waals surface area contributed by atoms with E-state index in [1.807, 2.05) is 24.3 Å². The number of methoxy groups -OCH3 is 1. The summed E-state index contributed by atoms with van der Waals surface area (Å²) in [5, 5.41) is 4.14. The lowest BCUT2D eigenvalue weighted by Crippen LogP contribution is -2.00. The van der Waals surface area contributed by atoms with Gasteiger partial charge in [0.25, 0.3) is 0 Å². The molecule has 2 aromatic rings. The minimum atomic E-state index is 0.0333. The van der Waals surface area contributed by atoms with Crippen LogP contribution >= 0.6 is 0 Å². The lowest BCUT2D eigenvalue weighted by molar-refractivity contribution is 0.101. The van der Waals surface area contributed by atoms with Crippen molar-refractivity contribution >= 4 is 5.78 Å². The Hall–Kier alpha value is -2.10. The van der Waals surface area contributed by atoms with E-state index in [-0.39, 0.29) is 5.78 Å². The van der Waals surface area contributed by atoms with Crippen molar-refractivity contribution in [1.29, 1.82) is 0 Å². The third-order valence-electron chi connectivity index (χ3n) is 2.54. The van der Waals surface area contributed by atoms with Crippen LogP contribution < -0.4 is 4.74 Å². The van der Waals surface area contributed by atoms with Gasteiger partial charge in [-0.25, -0.2) is 0 Å². The number of ketones is 1. The molecule has 0 fully saturated rings. The van der Waals surface area contributed by atoms with E-state index in [0.29, 0.717) is 12.1 Å². The molecule has 17 heavy (non-hydrogen) atoms. The average Bonchev–Trinajstić information content (AvgIpc) is 2.79. The highest BCUT2D eigenvalue weighted by atomic mass is 16.5. The van der Waals surface area contributed by atoms with E-state index in [2.05, 4.69) is 5.10 Å². The quantitative estimate of drug-likeness (QED) is 0.756. The van der Waals surface area contributed by atoms with Crippen LogP contribution in [0.2, 0.25) is 0 Å². The van der Waals surface area contributed by atoms with E-state index >= 15 is 0 Å². The maximum absolute atomic E-state index is 11.1. The third-order valence-corrected chi connectivity index (χ3v) is 2.54. The van der Waals surface area contributed by atoms with Gasteiger partial charge >= 0.3 is 0 Å². The van der Waals surface area contributed by atoms with Crippen LogP contribution in [0.5, 0.6) is 5.75 Å². The van der Waals surface area contributed by atoms with Crippen molar-refractivity contribution in [2.24, 2.45) is 0 Å². The second-order valence-corrected chi connectivity index (χ2v) is 3.83. The molecule has 0 N–H and O–H groups in total. The lowest BCUT2D eigenvalue weighted by atomic mass is 10.2. The second kappa shape index (κ2) is 4.82. The Balaban J connectivity index is 2.11. The Kier molecular flexibility index (Phi) is 3.23. The van der Waals surface area contributed by atoms with Crippen LogP contribution in [0.25, 0.3) is 0 Å². The van der Waals surface area contributed by atoms with Gasteiger partial charge in [-0.3, -0.25) is 9.48 Å². The normalized spacial score (nSPS) is 10.2. The van der Waals surface area contributed by atoms with Gasteiger partial charge in [-0.05, 0) is 24.6 Å². The SMILES string of the molecule is COc1ccc(Cn2cc(C(C)=O)cn2)cc1. The zero-order chi connectivity index (χ0) is 12.3. The van der Waals surface area contributed by atoms with Gasteiger partial charge in [0.2, 0.25) is 0 Å². The largest absolute Gasteiger partial charge is 0.497 e. The van der Waals surface area contributed by atoms with Crippen LogP contribution in [-0.2, 0) is 6.54 Å². The summed E-state index contributed by atoms with van der Waals surface area (Å²) in [6.45, 7) is 2.19. The van der Waals surface area contributed by atoms with Crippen molar-refractivity contribution in [3.8, 4) is 5.75 Å². The number of hydrogen-bond acceptors (Lipinski definition) is 3. The molecule has 0 aliphatic rings. The van der Waals surface area contributed by atoms with E-state index in [0.717, 1.165) is 11.3 Å². The van der Waals surface area contributed by atoms with Crippen LogP contribution in [0, 0.1) is 0 Å². The van der Waals surface area contributed by atoms with Gasteiger partial charge in [0.1, 0.15) is 5.75 Å². The second-order valence-electron chi connectivity index (χ2n) is 3.83. The first kappa shape index (κ1) is 11.4. The molecule has 0 radical (unpaired) electrons. The van der Waals surface area contributed by atoms with Crippen LogP contribution in [0.3, 0.4) is 0 Å². The number of hydrogen-bond donors (Lipinski definition) is 0. The van der Waals surface area contributed by atoms with Crippen molar-refractivity contribution in [2.45, 2.75) is 13.5 Å².